The van der Waals surface area contributed by atoms with E-state index in [1.54, 1.807) is 14.2 Å². The van der Waals surface area contributed by atoms with Crippen LogP contribution >= 0.6 is 0 Å². The maximum absolute atomic E-state index is 11.1. The summed E-state index contributed by atoms with van der Waals surface area (Å²) in [6.45, 7) is 1.50. The van der Waals surface area contributed by atoms with Gasteiger partial charge in [-0.3, -0.25) is 10.2 Å². The van der Waals surface area contributed by atoms with Crippen molar-refractivity contribution < 1.29 is 14.3 Å². The molecular formula is C15H22N2O3. The number of ether oxygens (including phenoxy) is 2. The van der Waals surface area contributed by atoms with Crippen molar-refractivity contribution in [3.63, 3.8) is 0 Å². The highest BCUT2D eigenvalue weighted by Gasteiger charge is 2.21. The molecule has 0 saturated carbocycles. The number of hydrogen-bond acceptors (Lipinski definition) is 4. The Morgan fingerprint density at radius 3 is 2.55 bits per heavy atom. The van der Waals surface area contributed by atoms with E-state index in [0.29, 0.717) is 0 Å². The van der Waals surface area contributed by atoms with Crippen LogP contribution in [0.5, 0.6) is 11.5 Å². The highest BCUT2D eigenvalue weighted by Crippen LogP contribution is 2.37. The van der Waals surface area contributed by atoms with Gasteiger partial charge in [0, 0.05) is 6.92 Å². The quantitative estimate of drug-likeness (QED) is 0.654. The third-order valence-electron chi connectivity index (χ3n) is 3.63. The summed E-state index contributed by atoms with van der Waals surface area (Å²) in [4.78, 5) is 11.1. The number of rotatable bonds is 4. The Hall–Kier alpha value is -1.75. The van der Waals surface area contributed by atoms with Gasteiger partial charge in [0.25, 0.3) is 0 Å². The molecule has 20 heavy (non-hydrogen) atoms. The lowest BCUT2D eigenvalue weighted by Crippen LogP contribution is -2.38. The predicted molar refractivity (Wildman–Crippen MR) is 76.8 cm³/mol. The summed E-state index contributed by atoms with van der Waals surface area (Å²) in [6.07, 6.45) is 4.27. The van der Waals surface area contributed by atoms with E-state index in [1.807, 2.05) is 12.1 Å². The van der Waals surface area contributed by atoms with Gasteiger partial charge >= 0.3 is 0 Å². The molecule has 0 aliphatic heterocycles. The van der Waals surface area contributed by atoms with Crippen molar-refractivity contribution in [2.45, 2.75) is 38.6 Å². The predicted octanol–water partition coefficient (Wildman–Crippen LogP) is 2.11. The van der Waals surface area contributed by atoms with Crippen molar-refractivity contribution in [1.82, 2.24) is 10.9 Å². The Balaban J connectivity index is 2.33. The first-order valence-electron chi connectivity index (χ1n) is 6.92. The maximum atomic E-state index is 11.1. The Kier molecular flexibility index (Phi) is 4.84. The molecule has 1 aliphatic carbocycles. The van der Waals surface area contributed by atoms with Crippen LogP contribution in [0.1, 0.15) is 43.4 Å². The molecule has 5 heteroatoms. The van der Waals surface area contributed by atoms with Gasteiger partial charge in [0.05, 0.1) is 20.3 Å². The van der Waals surface area contributed by atoms with Crippen molar-refractivity contribution in [2.75, 3.05) is 14.2 Å². The number of hydrazine groups is 1. The van der Waals surface area contributed by atoms with Crippen molar-refractivity contribution in [3.05, 3.63) is 23.3 Å². The topological polar surface area (TPSA) is 59.6 Å². The lowest BCUT2D eigenvalue weighted by Gasteiger charge is -2.21. The van der Waals surface area contributed by atoms with Crippen molar-refractivity contribution in [2.24, 2.45) is 0 Å². The smallest absolute Gasteiger partial charge is 0.230 e. The summed E-state index contributed by atoms with van der Waals surface area (Å²) in [5, 5.41) is 0. The van der Waals surface area contributed by atoms with Crippen LogP contribution in [0.25, 0.3) is 0 Å². The molecule has 110 valence electrons. The Morgan fingerprint density at radius 2 is 1.90 bits per heavy atom. The second kappa shape index (κ2) is 6.61. The average Bonchev–Trinajstić information content (AvgIpc) is 2.65. The second-order valence-corrected chi connectivity index (χ2v) is 5.03. The van der Waals surface area contributed by atoms with E-state index in [2.05, 4.69) is 10.9 Å². The lowest BCUT2D eigenvalue weighted by molar-refractivity contribution is -0.120. The molecule has 1 aliphatic rings. The first-order chi connectivity index (χ1) is 9.65. The number of amides is 1. The second-order valence-electron chi connectivity index (χ2n) is 5.03. The fourth-order valence-electron chi connectivity index (χ4n) is 2.64. The summed E-state index contributed by atoms with van der Waals surface area (Å²) in [6, 6.07) is 4.16. The van der Waals surface area contributed by atoms with Gasteiger partial charge < -0.3 is 9.47 Å². The molecule has 5 nitrogen and oxygen atoms in total. The molecule has 1 aromatic rings. The lowest BCUT2D eigenvalue weighted by atomic mass is 9.98. The van der Waals surface area contributed by atoms with Gasteiger partial charge in [-0.25, -0.2) is 5.43 Å². The molecule has 1 aromatic carbocycles. The van der Waals surface area contributed by atoms with E-state index < -0.39 is 0 Å². The minimum atomic E-state index is -0.0868. The van der Waals surface area contributed by atoms with Gasteiger partial charge in [0.15, 0.2) is 11.5 Å². The highest BCUT2D eigenvalue weighted by molar-refractivity contribution is 5.72. The molecule has 2 N–H and O–H groups in total. The Labute approximate surface area is 119 Å². The molecule has 0 radical (unpaired) electrons. The number of methoxy groups -OCH3 is 2. The van der Waals surface area contributed by atoms with Crippen molar-refractivity contribution >= 4 is 5.91 Å². The van der Waals surface area contributed by atoms with E-state index in [9.17, 15) is 4.79 Å². The van der Waals surface area contributed by atoms with Gasteiger partial charge in [0.2, 0.25) is 5.91 Å². The van der Waals surface area contributed by atoms with Crippen molar-refractivity contribution in [1.29, 1.82) is 0 Å². The van der Waals surface area contributed by atoms with Crippen LogP contribution in [0.2, 0.25) is 0 Å². The number of carbonyl (C=O) groups is 1. The van der Waals surface area contributed by atoms with Crippen molar-refractivity contribution in [3.8, 4) is 11.5 Å². The fourth-order valence-corrected chi connectivity index (χ4v) is 2.64. The minimum absolute atomic E-state index is 0.0868. The molecule has 0 unspecified atom stereocenters. The molecule has 1 amide bonds. The monoisotopic (exact) mass is 278 g/mol. The molecule has 1 atom stereocenters. The fraction of sp³-hybridized carbons (Fsp3) is 0.533. The number of benzene rings is 1. The molecule has 0 bridgehead atoms. The normalized spacial score (nSPS) is 17.9. The van der Waals surface area contributed by atoms with E-state index in [4.69, 9.17) is 9.47 Å². The maximum Gasteiger partial charge on any atom is 0.230 e. The van der Waals surface area contributed by atoms with Gasteiger partial charge in [-0.2, -0.15) is 0 Å². The first kappa shape index (κ1) is 14.7. The molecular weight excluding hydrogens is 256 g/mol. The van der Waals surface area contributed by atoms with Crippen LogP contribution in [0.4, 0.5) is 0 Å². The summed E-state index contributed by atoms with van der Waals surface area (Å²) in [5.74, 6) is 1.39. The highest BCUT2D eigenvalue weighted by atomic mass is 16.5. The number of aryl methyl sites for hydroxylation is 1. The zero-order valence-electron chi connectivity index (χ0n) is 12.3. The average molecular weight is 278 g/mol. The van der Waals surface area contributed by atoms with Gasteiger partial charge in [0.1, 0.15) is 0 Å². The van der Waals surface area contributed by atoms with E-state index in [0.717, 1.165) is 37.2 Å². The van der Waals surface area contributed by atoms with E-state index in [1.165, 1.54) is 18.1 Å². The van der Waals surface area contributed by atoms with Gasteiger partial charge in [-0.05, 0) is 42.5 Å². The van der Waals surface area contributed by atoms with Crippen LogP contribution in [-0.4, -0.2) is 20.1 Å². The summed E-state index contributed by atoms with van der Waals surface area (Å²) in [5.41, 5.74) is 8.23. The van der Waals surface area contributed by atoms with E-state index in [-0.39, 0.29) is 11.9 Å². The Morgan fingerprint density at radius 1 is 1.20 bits per heavy atom. The third-order valence-corrected chi connectivity index (χ3v) is 3.63. The molecule has 0 fully saturated rings. The SMILES string of the molecule is COc1cc2c(cc1OC)[C@H](NNC(C)=O)CCCC2. The van der Waals surface area contributed by atoms with Crippen LogP contribution < -0.4 is 20.3 Å². The molecule has 0 saturated heterocycles. The molecule has 0 heterocycles. The van der Waals surface area contributed by atoms with Gasteiger partial charge in [-0.15, -0.1) is 0 Å². The number of fused-ring (bicyclic) bond motifs is 1. The molecule has 2 rings (SSSR count). The third kappa shape index (κ3) is 3.22. The van der Waals surface area contributed by atoms with E-state index >= 15 is 0 Å². The first-order valence-corrected chi connectivity index (χ1v) is 6.92. The summed E-state index contributed by atoms with van der Waals surface area (Å²) < 4.78 is 10.7. The molecule has 0 spiro atoms. The summed E-state index contributed by atoms with van der Waals surface area (Å²) >= 11 is 0. The van der Waals surface area contributed by atoms with Gasteiger partial charge in [-0.1, -0.05) is 6.42 Å². The standard InChI is InChI=1S/C15H22N2O3/c1-10(18)16-17-13-7-5-4-6-11-8-14(19-2)15(20-3)9-12(11)13/h8-9,13,17H,4-7H2,1-3H3,(H,16,18)/t13-/m1/s1. The molecule has 0 aromatic heterocycles. The zero-order chi connectivity index (χ0) is 14.5. The minimum Gasteiger partial charge on any atom is -0.493 e. The number of nitrogens with one attached hydrogen (secondary N) is 2. The number of hydrogen-bond donors (Lipinski definition) is 2. The largest absolute Gasteiger partial charge is 0.493 e. The Bertz CT molecular complexity index is 488. The van der Waals surface area contributed by atoms with Crippen LogP contribution in [-0.2, 0) is 11.2 Å². The summed E-state index contributed by atoms with van der Waals surface area (Å²) in [7, 11) is 3.28. The number of carbonyl (C=O) groups excluding carboxylic acids is 1. The van der Waals surface area contributed by atoms with Crippen LogP contribution in [0.15, 0.2) is 12.1 Å². The van der Waals surface area contributed by atoms with Crippen LogP contribution in [0.3, 0.4) is 0 Å². The van der Waals surface area contributed by atoms with Crippen LogP contribution in [0, 0.1) is 0 Å². The zero-order valence-corrected chi connectivity index (χ0v) is 12.3.